The lowest BCUT2D eigenvalue weighted by atomic mass is 9.68. The van der Waals surface area contributed by atoms with Crippen LogP contribution in [0.3, 0.4) is 0 Å². The number of amides is 1. The van der Waals surface area contributed by atoms with Crippen LogP contribution in [0.1, 0.15) is 52.4 Å². The van der Waals surface area contributed by atoms with E-state index in [4.69, 9.17) is 0 Å². The van der Waals surface area contributed by atoms with Crippen molar-refractivity contribution in [2.45, 2.75) is 58.4 Å². The van der Waals surface area contributed by atoms with E-state index in [-0.39, 0.29) is 17.2 Å². The number of rotatable bonds is 5. The normalized spacial score (nSPS) is 27.8. The van der Waals surface area contributed by atoms with Gasteiger partial charge in [0.05, 0.1) is 0 Å². The minimum Gasteiger partial charge on any atom is -0.355 e. The molecule has 17 heavy (non-hydrogen) atoms. The van der Waals surface area contributed by atoms with E-state index in [1.807, 2.05) is 0 Å². The fourth-order valence-corrected chi connectivity index (χ4v) is 2.85. The second-order valence-electron chi connectivity index (χ2n) is 6.31. The smallest absolute Gasteiger partial charge is 0.223 e. The topological polar surface area (TPSA) is 41.1 Å². The summed E-state index contributed by atoms with van der Waals surface area (Å²) in [4.78, 5) is 12.1. The van der Waals surface area contributed by atoms with Crippen LogP contribution in [0.25, 0.3) is 0 Å². The van der Waals surface area contributed by atoms with Gasteiger partial charge in [-0.25, -0.2) is 0 Å². The van der Waals surface area contributed by atoms with Crippen molar-refractivity contribution < 1.29 is 4.79 Å². The Bertz CT molecular complexity index is 271. The van der Waals surface area contributed by atoms with Crippen molar-refractivity contribution in [3.63, 3.8) is 0 Å². The zero-order valence-corrected chi connectivity index (χ0v) is 11.2. The molecule has 2 saturated carbocycles. The molecule has 2 aliphatic rings. The Kier molecular flexibility index (Phi) is 4.08. The summed E-state index contributed by atoms with van der Waals surface area (Å²) in [5.74, 6) is 0.490. The molecular weight excluding hydrogens is 212 g/mol. The van der Waals surface area contributed by atoms with Gasteiger partial charge in [0.1, 0.15) is 0 Å². The highest BCUT2D eigenvalue weighted by Crippen LogP contribution is 2.40. The molecule has 98 valence electrons. The molecule has 2 fully saturated rings. The van der Waals surface area contributed by atoms with Crippen LogP contribution in [-0.4, -0.2) is 25.0 Å². The Balaban J connectivity index is 1.69. The molecule has 2 rings (SSSR count). The van der Waals surface area contributed by atoms with Gasteiger partial charge in [-0.1, -0.05) is 26.7 Å². The molecule has 0 aromatic carbocycles. The highest BCUT2D eigenvalue weighted by Gasteiger charge is 2.36. The van der Waals surface area contributed by atoms with E-state index in [0.29, 0.717) is 0 Å². The molecule has 1 atom stereocenters. The Morgan fingerprint density at radius 1 is 1.18 bits per heavy atom. The highest BCUT2D eigenvalue weighted by atomic mass is 16.1. The van der Waals surface area contributed by atoms with Crippen LogP contribution in [0.2, 0.25) is 0 Å². The first kappa shape index (κ1) is 12.9. The maximum atomic E-state index is 12.1. The van der Waals surface area contributed by atoms with Gasteiger partial charge >= 0.3 is 0 Å². The molecule has 2 aliphatic carbocycles. The molecule has 1 unspecified atom stereocenters. The van der Waals surface area contributed by atoms with E-state index >= 15 is 0 Å². The fourth-order valence-electron chi connectivity index (χ4n) is 2.85. The summed E-state index contributed by atoms with van der Waals surface area (Å²) < 4.78 is 0. The van der Waals surface area contributed by atoms with E-state index in [2.05, 4.69) is 24.5 Å². The molecule has 0 radical (unpaired) electrons. The van der Waals surface area contributed by atoms with Crippen molar-refractivity contribution in [1.82, 2.24) is 10.6 Å². The van der Waals surface area contributed by atoms with Crippen LogP contribution in [0, 0.1) is 11.3 Å². The molecule has 3 nitrogen and oxygen atoms in total. The predicted octanol–water partition coefficient (Wildman–Crippen LogP) is 2.07. The second-order valence-corrected chi connectivity index (χ2v) is 6.31. The minimum absolute atomic E-state index is 0.187. The third-order valence-corrected chi connectivity index (χ3v) is 4.26. The van der Waals surface area contributed by atoms with Crippen LogP contribution < -0.4 is 10.6 Å². The molecule has 1 amide bonds. The summed E-state index contributed by atoms with van der Waals surface area (Å²) in [6.07, 6.45) is 7.36. The van der Waals surface area contributed by atoms with Crippen molar-refractivity contribution in [2.75, 3.05) is 13.1 Å². The molecule has 0 saturated heterocycles. The Morgan fingerprint density at radius 3 is 2.59 bits per heavy atom. The maximum Gasteiger partial charge on any atom is 0.223 e. The van der Waals surface area contributed by atoms with Gasteiger partial charge in [0.15, 0.2) is 0 Å². The maximum absolute atomic E-state index is 12.1. The lowest BCUT2D eigenvalue weighted by Gasteiger charge is -2.37. The van der Waals surface area contributed by atoms with E-state index in [1.54, 1.807) is 0 Å². The minimum atomic E-state index is 0.187. The molecular formula is C14H26N2O. The molecule has 3 heteroatoms. The van der Waals surface area contributed by atoms with Crippen molar-refractivity contribution in [1.29, 1.82) is 0 Å². The summed E-state index contributed by atoms with van der Waals surface area (Å²) in [6.45, 7) is 6.17. The third kappa shape index (κ3) is 3.70. The molecule has 0 bridgehead atoms. The van der Waals surface area contributed by atoms with Gasteiger partial charge in [-0.05, 0) is 31.1 Å². The van der Waals surface area contributed by atoms with E-state index in [0.717, 1.165) is 25.6 Å². The molecule has 0 heterocycles. The second kappa shape index (κ2) is 5.38. The van der Waals surface area contributed by atoms with Gasteiger partial charge in [-0.3, -0.25) is 4.79 Å². The fraction of sp³-hybridized carbons (Fsp3) is 0.929. The van der Waals surface area contributed by atoms with E-state index in [9.17, 15) is 4.79 Å². The molecule has 0 aromatic heterocycles. The van der Waals surface area contributed by atoms with E-state index < -0.39 is 0 Å². The number of carbonyl (C=O) groups excluding carboxylic acids is 1. The molecule has 0 spiro atoms. The summed E-state index contributed by atoms with van der Waals surface area (Å²) >= 11 is 0. The highest BCUT2D eigenvalue weighted by molar-refractivity contribution is 5.79. The Labute approximate surface area is 105 Å². The molecule has 2 N–H and O–H groups in total. The van der Waals surface area contributed by atoms with Gasteiger partial charge in [-0.15, -0.1) is 0 Å². The SMILES string of the molecule is CC1(C)CCCCC1C(=O)NCCNC1CC1. The van der Waals surface area contributed by atoms with Crippen molar-refractivity contribution >= 4 is 5.91 Å². The van der Waals surface area contributed by atoms with Crippen molar-refractivity contribution in [3.8, 4) is 0 Å². The summed E-state index contributed by atoms with van der Waals surface area (Å²) in [7, 11) is 0. The van der Waals surface area contributed by atoms with E-state index in [1.165, 1.54) is 32.1 Å². The quantitative estimate of drug-likeness (QED) is 0.720. The number of carbonyl (C=O) groups is 1. The van der Waals surface area contributed by atoms with Gasteiger partial charge in [0.25, 0.3) is 0 Å². The standard InChI is InChI=1S/C14H26N2O/c1-14(2)8-4-3-5-12(14)13(17)16-10-9-15-11-6-7-11/h11-12,15H,3-10H2,1-2H3,(H,16,17). The van der Waals surface area contributed by atoms with Crippen LogP contribution in [-0.2, 0) is 4.79 Å². The first-order valence-electron chi connectivity index (χ1n) is 7.11. The van der Waals surface area contributed by atoms with Gasteiger partial charge < -0.3 is 10.6 Å². The number of nitrogens with one attached hydrogen (secondary N) is 2. The van der Waals surface area contributed by atoms with Crippen molar-refractivity contribution in [3.05, 3.63) is 0 Å². The largest absolute Gasteiger partial charge is 0.355 e. The number of hydrogen-bond acceptors (Lipinski definition) is 2. The molecule has 0 aliphatic heterocycles. The summed E-state index contributed by atoms with van der Waals surface area (Å²) in [6, 6.07) is 0.734. The Morgan fingerprint density at radius 2 is 1.94 bits per heavy atom. The van der Waals surface area contributed by atoms with Crippen molar-refractivity contribution in [2.24, 2.45) is 11.3 Å². The first-order valence-corrected chi connectivity index (χ1v) is 7.11. The monoisotopic (exact) mass is 238 g/mol. The van der Waals surface area contributed by atoms with Gasteiger partial charge in [0, 0.05) is 25.0 Å². The van der Waals surface area contributed by atoms with Gasteiger partial charge in [-0.2, -0.15) is 0 Å². The Hall–Kier alpha value is -0.570. The summed E-state index contributed by atoms with van der Waals surface area (Å²) in [5, 5.41) is 6.51. The zero-order valence-electron chi connectivity index (χ0n) is 11.2. The average Bonchev–Trinajstić information content (AvgIpc) is 3.07. The lowest BCUT2D eigenvalue weighted by Crippen LogP contribution is -2.43. The zero-order chi connectivity index (χ0) is 12.3. The van der Waals surface area contributed by atoms with Crippen LogP contribution in [0.4, 0.5) is 0 Å². The third-order valence-electron chi connectivity index (χ3n) is 4.26. The predicted molar refractivity (Wildman–Crippen MR) is 69.8 cm³/mol. The van der Waals surface area contributed by atoms with Gasteiger partial charge in [0.2, 0.25) is 5.91 Å². The lowest BCUT2D eigenvalue weighted by molar-refractivity contribution is -0.130. The van der Waals surface area contributed by atoms with Crippen LogP contribution >= 0.6 is 0 Å². The average molecular weight is 238 g/mol. The van der Waals surface area contributed by atoms with Crippen LogP contribution in [0.5, 0.6) is 0 Å². The first-order chi connectivity index (χ1) is 8.09. The number of hydrogen-bond donors (Lipinski definition) is 2. The molecule has 0 aromatic rings. The van der Waals surface area contributed by atoms with Crippen LogP contribution in [0.15, 0.2) is 0 Å². The summed E-state index contributed by atoms with van der Waals surface area (Å²) in [5.41, 5.74) is 0.187.